The molecule has 168 valence electrons. The predicted molar refractivity (Wildman–Crippen MR) is 105 cm³/mol. The molecule has 2 aromatic carbocycles. The number of amides is 2. The summed E-state index contributed by atoms with van der Waals surface area (Å²) in [6.07, 6.45) is -4.96. The Hall–Kier alpha value is -3.96. The number of nitrogens with one attached hydrogen (secondary N) is 2. The predicted octanol–water partition coefficient (Wildman–Crippen LogP) is 3.19. The molecular formula is C20H17F4N5O3. The highest BCUT2D eigenvalue weighted by atomic mass is 19.4. The number of hydrogen-bond acceptors (Lipinski definition) is 5. The summed E-state index contributed by atoms with van der Waals surface area (Å²) in [5, 5.41) is 11.7. The minimum atomic E-state index is -4.96. The van der Waals surface area contributed by atoms with Crippen molar-refractivity contribution in [3.05, 3.63) is 65.7 Å². The number of nitrogens with zero attached hydrogens (tertiary/aromatic N) is 3. The van der Waals surface area contributed by atoms with Gasteiger partial charge in [0.15, 0.2) is 18.0 Å². The standard InChI is InChI=1S/C20H17F4N5O3/c1-2-25-16(30)11-32-15-9-5-13(6-10-15)26-19(31)17-18(20(22,23)24)29(28-27-17)14-7-3-12(21)4-8-14/h3-10H,2,11H2,1H3,(H,25,30)(H,26,31). The van der Waals surface area contributed by atoms with Gasteiger partial charge in [-0.25, -0.2) is 9.07 Å². The van der Waals surface area contributed by atoms with Gasteiger partial charge in [0.05, 0.1) is 5.69 Å². The molecule has 0 spiro atoms. The van der Waals surface area contributed by atoms with Crippen molar-refractivity contribution in [1.82, 2.24) is 20.3 Å². The monoisotopic (exact) mass is 451 g/mol. The summed E-state index contributed by atoms with van der Waals surface area (Å²) in [6.45, 7) is 2.01. The highest BCUT2D eigenvalue weighted by molar-refractivity contribution is 6.03. The summed E-state index contributed by atoms with van der Waals surface area (Å²) in [6, 6.07) is 9.76. The molecule has 32 heavy (non-hydrogen) atoms. The first-order chi connectivity index (χ1) is 15.2. The average molecular weight is 451 g/mol. The van der Waals surface area contributed by atoms with E-state index in [-0.39, 0.29) is 23.9 Å². The van der Waals surface area contributed by atoms with Crippen molar-refractivity contribution in [2.75, 3.05) is 18.5 Å². The number of rotatable bonds is 7. The van der Waals surface area contributed by atoms with Crippen molar-refractivity contribution in [1.29, 1.82) is 0 Å². The molecule has 0 aliphatic rings. The van der Waals surface area contributed by atoms with Crippen LogP contribution in [0.25, 0.3) is 5.69 Å². The molecule has 0 aliphatic carbocycles. The molecule has 2 N–H and O–H groups in total. The number of carbonyl (C=O) groups is 2. The zero-order chi connectivity index (χ0) is 23.3. The molecule has 3 rings (SSSR count). The zero-order valence-corrected chi connectivity index (χ0v) is 16.6. The van der Waals surface area contributed by atoms with Gasteiger partial charge in [-0.2, -0.15) is 13.2 Å². The van der Waals surface area contributed by atoms with E-state index in [1.807, 2.05) is 0 Å². The summed E-state index contributed by atoms with van der Waals surface area (Å²) in [5.74, 6) is -1.76. The van der Waals surface area contributed by atoms with E-state index in [1.165, 1.54) is 24.3 Å². The minimum absolute atomic E-state index is 0.112. The van der Waals surface area contributed by atoms with Crippen molar-refractivity contribution in [3.63, 3.8) is 0 Å². The Balaban J connectivity index is 1.78. The Labute approximate surface area is 179 Å². The van der Waals surface area contributed by atoms with Crippen LogP contribution >= 0.6 is 0 Å². The molecule has 0 bridgehead atoms. The third-order valence-corrected chi connectivity index (χ3v) is 4.08. The van der Waals surface area contributed by atoms with Gasteiger partial charge in [0.2, 0.25) is 0 Å². The van der Waals surface area contributed by atoms with E-state index in [1.54, 1.807) is 6.92 Å². The van der Waals surface area contributed by atoms with Crippen molar-refractivity contribution in [2.45, 2.75) is 13.1 Å². The molecule has 1 aromatic heterocycles. The first-order valence-corrected chi connectivity index (χ1v) is 9.28. The summed E-state index contributed by atoms with van der Waals surface area (Å²) in [4.78, 5) is 23.9. The third kappa shape index (κ3) is 5.39. The Kier molecular flexibility index (Phi) is 6.71. The number of halogens is 4. The SMILES string of the molecule is CCNC(=O)COc1ccc(NC(=O)c2nnn(-c3ccc(F)cc3)c2C(F)(F)F)cc1. The third-order valence-electron chi connectivity index (χ3n) is 4.08. The molecule has 0 unspecified atom stereocenters. The van der Waals surface area contributed by atoms with E-state index in [0.29, 0.717) is 17.0 Å². The van der Waals surface area contributed by atoms with Crippen LogP contribution in [0, 0.1) is 5.82 Å². The summed E-state index contributed by atoms with van der Waals surface area (Å²) in [7, 11) is 0. The normalized spacial score (nSPS) is 11.2. The average Bonchev–Trinajstić information content (AvgIpc) is 3.20. The first kappa shape index (κ1) is 22.7. The maximum atomic E-state index is 13.7. The lowest BCUT2D eigenvalue weighted by Crippen LogP contribution is -2.28. The summed E-state index contributed by atoms with van der Waals surface area (Å²) >= 11 is 0. The molecule has 0 fully saturated rings. The lowest BCUT2D eigenvalue weighted by molar-refractivity contribution is -0.143. The molecule has 3 aromatic rings. The van der Waals surface area contributed by atoms with Crippen molar-refractivity contribution in [2.24, 2.45) is 0 Å². The van der Waals surface area contributed by atoms with Crippen molar-refractivity contribution < 1.29 is 31.9 Å². The van der Waals surface area contributed by atoms with Gasteiger partial charge in [0.25, 0.3) is 11.8 Å². The van der Waals surface area contributed by atoms with Crippen molar-refractivity contribution >= 4 is 17.5 Å². The number of carbonyl (C=O) groups excluding carboxylic acids is 2. The second kappa shape index (κ2) is 9.45. The maximum Gasteiger partial charge on any atom is 0.435 e. The Morgan fingerprint density at radius 1 is 1.06 bits per heavy atom. The van der Waals surface area contributed by atoms with Crippen LogP contribution in [-0.4, -0.2) is 40.0 Å². The second-order valence-electron chi connectivity index (χ2n) is 6.39. The Morgan fingerprint density at radius 3 is 2.31 bits per heavy atom. The quantitative estimate of drug-likeness (QED) is 0.538. The molecule has 12 heteroatoms. The van der Waals surface area contributed by atoms with Gasteiger partial charge in [-0.05, 0) is 55.5 Å². The largest absolute Gasteiger partial charge is 0.484 e. The van der Waals surface area contributed by atoms with Gasteiger partial charge in [-0.3, -0.25) is 9.59 Å². The van der Waals surface area contributed by atoms with Gasteiger partial charge in [-0.15, -0.1) is 5.10 Å². The van der Waals surface area contributed by atoms with Gasteiger partial charge in [-0.1, -0.05) is 5.21 Å². The number of anilines is 1. The van der Waals surface area contributed by atoms with E-state index in [4.69, 9.17) is 4.74 Å². The number of alkyl halides is 3. The molecule has 2 amide bonds. The van der Waals surface area contributed by atoms with E-state index in [2.05, 4.69) is 20.9 Å². The fourth-order valence-corrected chi connectivity index (χ4v) is 2.67. The van der Waals surface area contributed by atoms with E-state index >= 15 is 0 Å². The molecule has 0 saturated carbocycles. The molecule has 8 nitrogen and oxygen atoms in total. The highest BCUT2D eigenvalue weighted by Crippen LogP contribution is 2.33. The van der Waals surface area contributed by atoms with E-state index in [0.717, 1.165) is 24.3 Å². The molecule has 0 saturated heterocycles. The molecule has 0 atom stereocenters. The van der Waals surface area contributed by atoms with Gasteiger partial charge in [0, 0.05) is 12.2 Å². The highest BCUT2D eigenvalue weighted by Gasteiger charge is 2.42. The summed E-state index contributed by atoms with van der Waals surface area (Å²) < 4.78 is 59.8. The number of aromatic nitrogens is 3. The van der Waals surface area contributed by atoms with Gasteiger partial charge >= 0.3 is 6.18 Å². The van der Waals surface area contributed by atoms with Crippen LogP contribution in [0.4, 0.5) is 23.2 Å². The summed E-state index contributed by atoms with van der Waals surface area (Å²) in [5.41, 5.74) is -2.29. The minimum Gasteiger partial charge on any atom is -0.484 e. The fourth-order valence-electron chi connectivity index (χ4n) is 2.67. The zero-order valence-electron chi connectivity index (χ0n) is 16.6. The molecule has 0 aliphatic heterocycles. The fraction of sp³-hybridized carbons (Fsp3) is 0.200. The Bertz CT molecular complexity index is 1100. The van der Waals surface area contributed by atoms with Crippen LogP contribution in [-0.2, 0) is 11.0 Å². The van der Waals surface area contributed by atoms with Crippen LogP contribution in [0.15, 0.2) is 48.5 Å². The van der Waals surface area contributed by atoms with Crippen LogP contribution in [0.1, 0.15) is 23.1 Å². The van der Waals surface area contributed by atoms with Crippen LogP contribution in [0.5, 0.6) is 5.75 Å². The van der Waals surface area contributed by atoms with E-state index < -0.39 is 29.3 Å². The van der Waals surface area contributed by atoms with Crippen molar-refractivity contribution in [3.8, 4) is 11.4 Å². The number of benzene rings is 2. The lowest BCUT2D eigenvalue weighted by Gasteiger charge is -2.11. The molecule has 0 radical (unpaired) electrons. The van der Waals surface area contributed by atoms with Crippen LogP contribution in [0.2, 0.25) is 0 Å². The lowest BCUT2D eigenvalue weighted by atomic mass is 10.2. The number of likely N-dealkylation sites (N-methyl/N-ethyl adjacent to an activating group) is 1. The van der Waals surface area contributed by atoms with Crippen LogP contribution < -0.4 is 15.4 Å². The topological polar surface area (TPSA) is 98.1 Å². The van der Waals surface area contributed by atoms with Gasteiger partial charge in [0.1, 0.15) is 11.6 Å². The number of ether oxygens (including phenoxy) is 1. The smallest absolute Gasteiger partial charge is 0.435 e. The molecule has 1 heterocycles. The molecular weight excluding hydrogens is 434 g/mol. The Morgan fingerprint density at radius 2 is 1.72 bits per heavy atom. The van der Waals surface area contributed by atoms with Gasteiger partial charge < -0.3 is 15.4 Å². The first-order valence-electron chi connectivity index (χ1n) is 9.28. The number of hydrogen-bond donors (Lipinski definition) is 2. The van der Waals surface area contributed by atoms with E-state index in [9.17, 15) is 27.2 Å². The van der Waals surface area contributed by atoms with Crippen LogP contribution in [0.3, 0.4) is 0 Å². The second-order valence-corrected chi connectivity index (χ2v) is 6.39. The maximum absolute atomic E-state index is 13.7.